The molecular formula is C11H13BrN2O3. The maximum atomic E-state index is 10.7. The van der Waals surface area contributed by atoms with E-state index in [0.717, 1.165) is 29.7 Å². The molecule has 0 bridgehead atoms. The Kier molecular flexibility index (Phi) is 4.09. The van der Waals surface area contributed by atoms with Gasteiger partial charge < -0.3 is 10.1 Å². The Morgan fingerprint density at radius 2 is 2.35 bits per heavy atom. The van der Waals surface area contributed by atoms with E-state index in [9.17, 15) is 10.1 Å². The van der Waals surface area contributed by atoms with Gasteiger partial charge in [0.05, 0.1) is 11.5 Å². The number of nitro groups is 1. The molecule has 0 aliphatic carbocycles. The maximum Gasteiger partial charge on any atom is 0.270 e. The van der Waals surface area contributed by atoms with Crippen LogP contribution in [0.3, 0.4) is 0 Å². The highest BCUT2D eigenvalue weighted by molar-refractivity contribution is 9.10. The first-order valence-corrected chi connectivity index (χ1v) is 6.19. The van der Waals surface area contributed by atoms with Gasteiger partial charge >= 0.3 is 0 Å². The van der Waals surface area contributed by atoms with Crippen LogP contribution in [0.25, 0.3) is 0 Å². The first kappa shape index (κ1) is 12.5. The molecule has 0 aromatic heterocycles. The van der Waals surface area contributed by atoms with E-state index < -0.39 is 0 Å². The molecule has 92 valence electrons. The second kappa shape index (κ2) is 5.57. The van der Waals surface area contributed by atoms with Crippen LogP contribution in [0.5, 0.6) is 0 Å². The largest absolute Gasteiger partial charge is 0.380 e. The fourth-order valence-electron chi connectivity index (χ4n) is 1.80. The summed E-state index contributed by atoms with van der Waals surface area (Å²) in [4.78, 5) is 10.3. The van der Waals surface area contributed by atoms with Gasteiger partial charge in [0.1, 0.15) is 0 Å². The van der Waals surface area contributed by atoms with Gasteiger partial charge in [0.15, 0.2) is 0 Å². The normalized spacial score (nSPS) is 19.5. The van der Waals surface area contributed by atoms with E-state index in [4.69, 9.17) is 4.74 Å². The smallest absolute Gasteiger partial charge is 0.270 e. The van der Waals surface area contributed by atoms with Crippen LogP contribution in [0.15, 0.2) is 22.7 Å². The molecule has 1 unspecified atom stereocenters. The molecule has 1 aromatic carbocycles. The summed E-state index contributed by atoms with van der Waals surface area (Å²) in [6.45, 7) is 2.13. The minimum atomic E-state index is -0.382. The number of halogens is 1. The predicted molar refractivity (Wildman–Crippen MR) is 66.9 cm³/mol. The average molecular weight is 301 g/mol. The molecule has 0 radical (unpaired) electrons. The molecule has 1 fully saturated rings. The van der Waals surface area contributed by atoms with Crippen LogP contribution in [0.2, 0.25) is 0 Å². The quantitative estimate of drug-likeness (QED) is 0.684. The van der Waals surface area contributed by atoms with Crippen molar-refractivity contribution in [3.63, 3.8) is 0 Å². The highest BCUT2D eigenvalue weighted by Gasteiger charge is 2.15. The number of nitrogens with zero attached hydrogens (tertiary/aromatic N) is 1. The van der Waals surface area contributed by atoms with Crippen LogP contribution in [0.1, 0.15) is 12.0 Å². The van der Waals surface area contributed by atoms with E-state index >= 15 is 0 Å². The summed E-state index contributed by atoms with van der Waals surface area (Å²) in [5.41, 5.74) is 1.01. The number of hydrogen-bond acceptors (Lipinski definition) is 4. The van der Waals surface area contributed by atoms with Crippen molar-refractivity contribution in [1.29, 1.82) is 0 Å². The summed E-state index contributed by atoms with van der Waals surface area (Å²) in [5.74, 6) is 0. The number of benzene rings is 1. The standard InChI is InChI=1S/C11H13BrN2O3/c12-9-3-8(4-11(5-9)14(15)16)6-13-10-1-2-17-7-10/h3-5,10,13H,1-2,6-7H2. The first-order valence-electron chi connectivity index (χ1n) is 5.40. The van der Waals surface area contributed by atoms with Gasteiger partial charge in [-0.05, 0) is 18.1 Å². The fraction of sp³-hybridized carbons (Fsp3) is 0.455. The van der Waals surface area contributed by atoms with Crippen LogP contribution in [0.4, 0.5) is 5.69 Å². The third-order valence-corrected chi connectivity index (χ3v) is 3.14. The molecule has 1 aliphatic heterocycles. The van der Waals surface area contributed by atoms with E-state index in [-0.39, 0.29) is 10.6 Å². The summed E-state index contributed by atoms with van der Waals surface area (Å²) in [6, 6.07) is 5.33. The van der Waals surface area contributed by atoms with Gasteiger partial charge in [-0.15, -0.1) is 0 Å². The SMILES string of the molecule is O=[N+]([O-])c1cc(Br)cc(CNC2CCOC2)c1. The van der Waals surface area contributed by atoms with Gasteiger partial charge in [-0.2, -0.15) is 0 Å². The lowest BCUT2D eigenvalue weighted by molar-refractivity contribution is -0.385. The van der Waals surface area contributed by atoms with E-state index in [0.29, 0.717) is 12.6 Å². The molecule has 1 atom stereocenters. The summed E-state index contributed by atoms with van der Waals surface area (Å²) < 4.78 is 5.98. The topological polar surface area (TPSA) is 64.4 Å². The lowest BCUT2D eigenvalue weighted by atomic mass is 10.2. The summed E-state index contributed by atoms with van der Waals surface area (Å²) in [7, 11) is 0. The van der Waals surface area contributed by atoms with Crippen molar-refractivity contribution in [2.75, 3.05) is 13.2 Å². The van der Waals surface area contributed by atoms with Crippen molar-refractivity contribution in [2.24, 2.45) is 0 Å². The zero-order chi connectivity index (χ0) is 12.3. The number of nitrogens with one attached hydrogen (secondary N) is 1. The molecule has 1 N–H and O–H groups in total. The van der Waals surface area contributed by atoms with Crippen molar-refractivity contribution < 1.29 is 9.66 Å². The minimum Gasteiger partial charge on any atom is -0.380 e. The van der Waals surface area contributed by atoms with Gasteiger partial charge in [-0.25, -0.2) is 0 Å². The zero-order valence-electron chi connectivity index (χ0n) is 9.19. The van der Waals surface area contributed by atoms with Crippen molar-refractivity contribution in [3.05, 3.63) is 38.3 Å². The minimum absolute atomic E-state index is 0.110. The van der Waals surface area contributed by atoms with Gasteiger partial charge in [0, 0.05) is 35.8 Å². The lowest BCUT2D eigenvalue weighted by Gasteiger charge is -2.10. The van der Waals surface area contributed by atoms with Gasteiger partial charge in [0.25, 0.3) is 5.69 Å². The van der Waals surface area contributed by atoms with Crippen LogP contribution in [-0.4, -0.2) is 24.2 Å². The third-order valence-electron chi connectivity index (χ3n) is 2.68. The van der Waals surface area contributed by atoms with Crippen LogP contribution in [0, 0.1) is 10.1 Å². The maximum absolute atomic E-state index is 10.7. The van der Waals surface area contributed by atoms with E-state index in [1.54, 1.807) is 6.07 Å². The Hall–Kier alpha value is -0.980. The van der Waals surface area contributed by atoms with E-state index in [2.05, 4.69) is 21.2 Å². The Labute approximate surface area is 107 Å². The molecule has 0 spiro atoms. The van der Waals surface area contributed by atoms with Crippen molar-refractivity contribution >= 4 is 21.6 Å². The van der Waals surface area contributed by atoms with E-state index in [1.807, 2.05) is 6.07 Å². The van der Waals surface area contributed by atoms with Crippen LogP contribution in [-0.2, 0) is 11.3 Å². The molecule has 0 amide bonds. The van der Waals surface area contributed by atoms with Crippen molar-refractivity contribution in [3.8, 4) is 0 Å². The predicted octanol–water partition coefficient (Wildman–Crippen LogP) is 2.24. The average Bonchev–Trinajstić information content (AvgIpc) is 2.78. The molecule has 1 aromatic rings. The number of non-ortho nitro benzene ring substituents is 1. The summed E-state index contributed by atoms with van der Waals surface area (Å²) in [6.07, 6.45) is 0.996. The van der Waals surface area contributed by atoms with Crippen molar-refractivity contribution in [2.45, 2.75) is 19.0 Å². The second-order valence-corrected chi connectivity index (χ2v) is 4.93. The Morgan fingerprint density at radius 1 is 1.53 bits per heavy atom. The number of rotatable bonds is 4. The molecule has 5 nitrogen and oxygen atoms in total. The first-order chi connectivity index (χ1) is 8.15. The number of nitro benzene ring substituents is 1. The molecule has 2 rings (SSSR count). The Bertz CT molecular complexity index is 419. The van der Waals surface area contributed by atoms with Crippen molar-refractivity contribution in [1.82, 2.24) is 5.32 Å². The van der Waals surface area contributed by atoms with E-state index in [1.165, 1.54) is 6.07 Å². The molecule has 1 saturated heterocycles. The third kappa shape index (κ3) is 3.49. The van der Waals surface area contributed by atoms with Gasteiger partial charge in [-0.3, -0.25) is 10.1 Å². The summed E-state index contributed by atoms with van der Waals surface area (Å²) >= 11 is 3.28. The number of hydrogen-bond donors (Lipinski definition) is 1. The Balaban J connectivity index is 2.01. The summed E-state index contributed by atoms with van der Waals surface area (Å²) in [5, 5.41) is 14.0. The lowest BCUT2D eigenvalue weighted by Crippen LogP contribution is -2.28. The molecule has 6 heteroatoms. The zero-order valence-corrected chi connectivity index (χ0v) is 10.8. The fourth-order valence-corrected chi connectivity index (χ4v) is 2.33. The molecule has 17 heavy (non-hydrogen) atoms. The van der Waals surface area contributed by atoms with Crippen LogP contribution < -0.4 is 5.32 Å². The monoisotopic (exact) mass is 300 g/mol. The highest BCUT2D eigenvalue weighted by atomic mass is 79.9. The molecule has 1 aliphatic rings. The molecular weight excluding hydrogens is 288 g/mol. The van der Waals surface area contributed by atoms with Crippen LogP contribution >= 0.6 is 15.9 Å². The number of ether oxygens (including phenoxy) is 1. The molecule has 1 heterocycles. The second-order valence-electron chi connectivity index (χ2n) is 4.02. The van der Waals surface area contributed by atoms with Gasteiger partial charge in [0.2, 0.25) is 0 Å². The Morgan fingerprint density at radius 3 is 3.00 bits per heavy atom. The molecule has 0 saturated carbocycles. The highest BCUT2D eigenvalue weighted by Crippen LogP contribution is 2.21. The van der Waals surface area contributed by atoms with Gasteiger partial charge in [-0.1, -0.05) is 15.9 Å².